The fourth-order valence-corrected chi connectivity index (χ4v) is 4.97. The van der Waals surface area contributed by atoms with Crippen LogP contribution in [0.1, 0.15) is 70.8 Å². The van der Waals surface area contributed by atoms with E-state index in [0.29, 0.717) is 6.42 Å². The first-order chi connectivity index (χ1) is 14.4. The van der Waals surface area contributed by atoms with Crippen molar-refractivity contribution in [3.8, 4) is 0 Å². The van der Waals surface area contributed by atoms with Gasteiger partial charge in [0.1, 0.15) is 6.10 Å². The van der Waals surface area contributed by atoms with Gasteiger partial charge in [-0.1, -0.05) is 56.7 Å². The highest BCUT2D eigenvalue weighted by molar-refractivity contribution is 5.92. The monoisotopic (exact) mass is 409 g/mol. The number of carbonyl (C=O) groups is 2. The zero-order valence-electron chi connectivity index (χ0n) is 18.4. The Morgan fingerprint density at radius 1 is 1.23 bits per heavy atom. The molecule has 0 radical (unpaired) electrons. The Kier molecular flexibility index (Phi) is 7.52. The average molecular weight is 410 g/mol. The maximum Gasteiger partial charge on any atom is 0.414 e. The van der Waals surface area contributed by atoms with Crippen molar-refractivity contribution in [1.82, 2.24) is 4.90 Å². The predicted octanol–water partition coefficient (Wildman–Crippen LogP) is 6.17. The lowest BCUT2D eigenvalue weighted by Crippen LogP contribution is -2.46. The molecule has 0 spiro atoms. The van der Waals surface area contributed by atoms with E-state index in [0.717, 1.165) is 44.9 Å². The van der Waals surface area contributed by atoms with Gasteiger partial charge in [-0.3, -0.25) is 9.69 Å². The number of hydrogen-bond donors (Lipinski definition) is 0. The smallest absolute Gasteiger partial charge is 0.414 e. The third-order valence-corrected chi connectivity index (χ3v) is 6.81. The minimum atomic E-state index is -0.317. The van der Waals surface area contributed by atoms with Crippen molar-refractivity contribution >= 4 is 11.9 Å². The molecule has 0 unspecified atom stereocenters. The first-order valence-corrected chi connectivity index (χ1v) is 11.3. The molecule has 1 heterocycles. The van der Waals surface area contributed by atoms with E-state index in [1.807, 2.05) is 12.1 Å². The third-order valence-electron chi connectivity index (χ3n) is 6.81. The van der Waals surface area contributed by atoms with Gasteiger partial charge >= 0.3 is 6.09 Å². The maximum absolute atomic E-state index is 13.1. The number of hydrogen-bond acceptors (Lipinski definition) is 3. The van der Waals surface area contributed by atoms with Gasteiger partial charge in [0.05, 0.1) is 0 Å². The molecule has 4 nitrogen and oxygen atoms in total. The van der Waals surface area contributed by atoms with Crippen molar-refractivity contribution < 1.29 is 14.3 Å². The van der Waals surface area contributed by atoms with Crippen LogP contribution in [-0.2, 0) is 14.9 Å². The molecular formula is C26H35NO3. The van der Waals surface area contributed by atoms with Crippen LogP contribution in [0.25, 0.3) is 0 Å². The van der Waals surface area contributed by atoms with Crippen LogP contribution in [0.15, 0.2) is 55.3 Å². The number of amides is 1. The number of carbonyl (C=O) groups excluding carboxylic acids is 2. The van der Waals surface area contributed by atoms with Crippen molar-refractivity contribution in [3.05, 3.63) is 60.8 Å². The van der Waals surface area contributed by atoms with E-state index in [2.05, 4.69) is 44.7 Å². The Balaban J connectivity index is 1.73. The maximum atomic E-state index is 13.1. The highest BCUT2D eigenvalue weighted by Gasteiger charge is 2.41. The molecular weight excluding hydrogens is 374 g/mol. The van der Waals surface area contributed by atoms with Crippen molar-refractivity contribution in [1.29, 1.82) is 0 Å². The fourth-order valence-electron chi connectivity index (χ4n) is 4.97. The van der Waals surface area contributed by atoms with Gasteiger partial charge in [-0.05, 0) is 55.6 Å². The van der Waals surface area contributed by atoms with Crippen LogP contribution in [0.4, 0.5) is 4.79 Å². The van der Waals surface area contributed by atoms with Crippen LogP contribution < -0.4 is 0 Å². The molecule has 1 fully saturated rings. The second kappa shape index (κ2) is 10.1. The fraction of sp³-hybridized carbons (Fsp3) is 0.538. The van der Waals surface area contributed by atoms with Crippen LogP contribution in [-0.4, -0.2) is 28.9 Å². The molecule has 1 aromatic carbocycles. The molecule has 30 heavy (non-hydrogen) atoms. The minimum Gasteiger partial charge on any atom is -0.446 e. The van der Waals surface area contributed by atoms with Gasteiger partial charge in [-0.2, -0.15) is 0 Å². The number of benzene rings is 1. The van der Waals surface area contributed by atoms with Crippen molar-refractivity contribution in [2.24, 2.45) is 5.92 Å². The topological polar surface area (TPSA) is 46.6 Å². The molecule has 0 bridgehead atoms. The molecule has 1 aromatic rings. The van der Waals surface area contributed by atoms with E-state index in [9.17, 15) is 9.59 Å². The average Bonchev–Trinajstić information content (AvgIpc) is 2.75. The lowest BCUT2D eigenvalue weighted by Gasteiger charge is -2.43. The SMILES string of the molecule is C=CCCC[C@H]1CC(=O)C=CN1C(=O)O[C@H]1CCCC[C@@H]1C(C)(C)c1ccccc1. The summed E-state index contributed by atoms with van der Waals surface area (Å²) in [5.41, 5.74) is 1.20. The summed E-state index contributed by atoms with van der Waals surface area (Å²) in [5.74, 6) is 0.343. The summed E-state index contributed by atoms with van der Waals surface area (Å²) in [6, 6.07) is 10.4. The summed E-state index contributed by atoms with van der Waals surface area (Å²) in [5, 5.41) is 0. The summed E-state index contributed by atoms with van der Waals surface area (Å²) < 4.78 is 6.13. The number of allylic oxidation sites excluding steroid dienone is 2. The molecule has 0 saturated heterocycles. The van der Waals surface area contributed by atoms with Gasteiger partial charge in [0.15, 0.2) is 5.78 Å². The third kappa shape index (κ3) is 5.21. The van der Waals surface area contributed by atoms with E-state index in [1.54, 1.807) is 11.1 Å². The second-order valence-electron chi connectivity index (χ2n) is 9.17. The molecule has 3 rings (SSSR count). The van der Waals surface area contributed by atoms with Crippen LogP contribution in [0.2, 0.25) is 0 Å². The normalized spacial score (nSPS) is 24.5. The zero-order valence-corrected chi connectivity index (χ0v) is 18.4. The van der Waals surface area contributed by atoms with E-state index in [-0.39, 0.29) is 35.4 Å². The Labute approximate surface area is 181 Å². The Hall–Kier alpha value is -2.36. The number of unbranched alkanes of at least 4 members (excludes halogenated alkanes) is 1. The largest absolute Gasteiger partial charge is 0.446 e. The lowest BCUT2D eigenvalue weighted by atomic mass is 9.66. The summed E-state index contributed by atoms with van der Waals surface area (Å²) in [4.78, 5) is 26.7. The summed E-state index contributed by atoms with van der Waals surface area (Å²) in [7, 11) is 0. The van der Waals surface area contributed by atoms with Crippen LogP contribution in [0, 0.1) is 5.92 Å². The molecule has 1 aliphatic heterocycles. The Morgan fingerprint density at radius 3 is 2.70 bits per heavy atom. The van der Waals surface area contributed by atoms with Crippen LogP contribution >= 0.6 is 0 Å². The molecule has 1 saturated carbocycles. The highest BCUT2D eigenvalue weighted by Crippen LogP contribution is 2.42. The number of ether oxygens (including phenoxy) is 1. The Morgan fingerprint density at radius 2 is 1.97 bits per heavy atom. The number of nitrogens with zero attached hydrogens (tertiary/aromatic N) is 1. The van der Waals surface area contributed by atoms with Gasteiger partial charge in [-0.15, -0.1) is 6.58 Å². The van der Waals surface area contributed by atoms with Crippen LogP contribution in [0.3, 0.4) is 0 Å². The Bertz CT molecular complexity index is 768. The zero-order chi connectivity index (χ0) is 21.6. The lowest BCUT2D eigenvalue weighted by molar-refractivity contribution is -0.116. The molecule has 1 amide bonds. The first-order valence-electron chi connectivity index (χ1n) is 11.3. The second-order valence-corrected chi connectivity index (χ2v) is 9.17. The van der Waals surface area contributed by atoms with E-state index >= 15 is 0 Å². The van der Waals surface area contributed by atoms with Gasteiger partial charge in [0.2, 0.25) is 0 Å². The van der Waals surface area contributed by atoms with Gasteiger partial charge in [0.25, 0.3) is 0 Å². The van der Waals surface area contributed by atoms with Crippen molar-refractivity contribution in [3.63, 3.8) is 0 Å². The molecule has 1 aliphatic carbocycles. The summed E-state index contributed by atoms with van der Waals surface area (Å²) in [6.07, 6.45) is 11.7. The summed E-state index contributed by atoms with van der Waals surface area (Å²) >= 11 is 0. The first kappa shape index (κ1) is 22.3. The quantitative estimate of drug-likeness (QED) is 0.399. The number of ketones is 1. The molecule has 4 heteroatoms. The molecule has 0 N–H and O–H groups in total. The summed E-state index contributed by atoms with van der Waals surface area (Å²) in [6.45, 7) is 8.28. The molecule has 3 atom stereocenters. The van der Waals surface area contributed by atoms with Crippen molar-refractivity contribution in [2.45, 2.75) is 82.8 Å². The van der Waals surface area contributed by atoms with Gasteiger partial charge < -0.3 is 4.74 Å². The van der Waals surface area contributed by atoms with Crippen molar-refractivity contribution in [2.75, 3.05) is 0 Å². The van der Waals surface area contributed by atoms with E-state index < -0.39 is 0 Å². The van der Waals surface area contributed by atoms with Gasteiger partial charge in [-0.25, -0.2) is 4.79 Å². The van der Waals surface area contributed by atoms with Crippen LogP contribution in [0.5, 0.6) is 0 Å². The predicted molar refractivity (Wildman–Crippen MR) is 120 cm³/mol. The molecule has 0 aromatic heterocycles. The standard InChI is InChI=1S/C26H35NO3/c1-4-5-7-14-21-19-22(28)17-18-27(21)25(29)30-24-16-11-10-15-23(24)26(2,3)20-12-8-6-9-13-20/h4,6,8-9,12-13,17-18,21,23-24H,1,5,7,10-11,14-16,19H2,2-3H3/t21-,23-,24-/m0/s1. The number of rotatable bonds is 7. The molecule has 162 valence electrons. The molecule has 2 aliphatic rings. The highest BCUT2D eigenvalue weighted by atomic mass is 16.6. The van der Waals surface area contributed by atoms with E-state index in [4.69, 9.17) is 4.74 Å². The van der Waals surface area contributed by atoms with Gasteiger partial charge in [0, 0.05) is 24.6 Å². The van der Waals surface area contributed by atoms with E-state index in [1.165, 1.54) is 11.6 Å². The minimum absolute atomic E-state index is 0.0726.